The summed E-state index contributed by atoms with van der Waals surface area (Å²) in [7, 11) is 1.47. The fourth-order valence-corrected chi connectivity index (χ4v) is 2.94. The highest BCUT2D eigenvalue weighted by Gasteiger charge is 2.33. The average molecular weight is 423 g/mol. The molecule has 0 aliphatic heterocycles. The number of ether oxygens (including phenoxy) is 2. The van der Waals surface area contributed by atoms with E-state index in [1.54, 1.807) is 18.2 Å². The van der Waals surface area contributed by atoms with Crippen LogP contribution in [-0.2, 0) is 4.74 Å². The summed E-state index contributed by atoms with van der Waals surface area (Å²) < 4.78 is 16.8. The van der Waals surface area contributed by atoms with Crippen LogP contribution in [0.2, 0.25) is 0 Å². The van der Waals surface area contributed by atoms with Crippen molar-refractivity contribution in [2.24, 2.45) is 0 Å². The van der Waals surface area contributed by atoms with Crippen molar-refractivity contribution in [3.05, 3.63) is 41.3 Å². The molecule has 1 aliphatic carbocycles. The summed E-state index contributed by atoms with van der Waals surface area (Å²) in [4.78, 5) is 24.8. The molecule has 1 saturated carbocycles. The summed E-state index contributed by atoms with van der Waals surface area (Å²) in [5, 5.41) is 3.77. The standard InChI is InChI=1S/C18H19BrN2O5/c1-3-8-25-18(23)21(19)14-7-6-12(9-15(14)24-2)16(22)13-10-20-26-17(13)11-4-5-11/h6-7,9-11H,3-5,8H2,1-2H3. The van der Waals surface area contributed by atoms with Crippen LogP contribution in [0.3, 0.4) is 0 Å². The Hall–Kier alpha value is -2.35. The molecule has 1 heterocycles. The van der Waals surface area contributed by atoms with Crippen LogP contribution < -0.4 is 8.66 Å². The van der Waals surface area contributed by atoms with Crippen LogP contribution in [0, 0.1) is 0 Å². The minimum Gasteiger partial charge on any atom is -0.495 e. The third-order valence-electron chi connectivity index (χ3n) is 4.03. The van der Waals surface area contributed by atoms with Crippen LogP contribution in [0.25, 0.3) is 0 Å². The summed E-state index contributed by atoms with van der Waals surface area (Å²) >= 11 is 3.18. The van der Waals surface area contributed by atoms with Crippen molar-refractivity contribution in [3.8, 4) is 5.75 Å². The minimum atomic E-state index is -0.556. The molecule has 1 aromatic carbocycles. The molecule has 1 fully saturated rings. The van der Waals surface area contributed by atoms with Gasteiger partial charge in [0.1, 0.15) is 11.4 Å². The van der Waals surface area contributed by atoms with Gasteiger partial charge in [0.2, 0.25) is 0 Å². The molecule has 0 saturated heterocycles. The van der Waals surface area contributed by atoms with E-state index in [0.717, 1.165) is 19.3 Å². The quantitative estimate of drug-likeness (QED) is 0.483. The van der Waals surface area contributed by atoms with Crippen molar-refractivity contribution in [3.63, 3.8) is 0 Å². The number of rotatable bonds is 7. The van der Waals surface area contributed by atoms with Crippen LogP contribution in [-0.4, -0.2) is 30.7 Å². The number of ketones is 1. The summed E-state index contributed by atoms with van der Waals surface area (Å²) in [5.41, 5.74) is 1.34. The lowest BCUT2D eigenvalue weighted by Gasteiger charge is -2.17. The summed E-state index contributed by atoms with van der Waals surface area (Å²) in [6.45, 7) is 2.23. The number of halogens is 1. The van der Waals surface area contributed by atoms with E-state index in [9.17, 15) is 9.59 Å². The summed E-state index contributed by atoms with van der Waals surface area (Å²) in [6, 6.07) is 4.84. The maximum atomic E-state index is 12.8. The molecule has 26 heavy (non-hydrogen) atoms. The first-order valence-corrected chi connectivity index (χ1v) is 9.07. The van der Waals surface area contributed by atoms with Gasteiger partial charge in [0, 0.05) is 11.5 Å². The molecule has 0 radical (unpaired) electrons. The van der Waals surface area contributed by atoms with Gasteiger partial charge >= 0.3 is 6.09 Å². The first-order chi connectivity index (χ1) is 12.6. The SMILES string of the molecule is CCCOC(=O)N(Br)c1ccc(C(=O)c2cnoc2C2CC2)cc1OC. The average Bonchev–Trinajstić information content (AvgIpc) is 3.40. The first-order valence-electron chi connectivity index (χ1n) is 8.36. The smallest absolute Gasteiger partial charge is 0.424 e. The van der Waals surface area contributed by atoms with Gasteiger partial charge in [0.15, 0.2) is 11.5 Å². The Morgan fingerprint density at radius 3 is 2.81 bits per heavy atom. The van der Waals surface area contributed by atoms with Crippen molar-refractivity contribution in [1.82, 2.24) is 5.16 Å². The van der Waals surface area contributed by atoms with E-state index < -0.39 is 6.09 Å². The second-order valence-electron chi connectivity index (χ2n) is 5.99. The lowest BCUT2D eigenvalue weighted by molar-refractivity contribution is 0.103. The van der Waals surface area contributed by atoms with E-state index in [1.165, 1.54) is 17.2 Å². The van der Waals surface area contributed by atoms with E-state index in [1.807, 2.05) is 6.92 Å². The highest BCUT2D eigenvalue weighted by molar-refractivity contribution is 9.10. The highest BCUT2D eigenvalue weighted by Crippen LogP contribution is 2.42. The van der Waals surface area contributed by atoms with Gasteiger partial charge in [-0.25, -0.2) is 8.72 Å². The molecule has 138 valence electrons. The van der Waals surface area contributed by atoms with Crippen molar-refractivity contribution in [2.75, 3.05) is 17.6 Å². The fraction of sp³-hybridized carbons (Fsp3) is 0.389. The number of hydrogen-bond acceptors (Lipinski definition) is 6. The Morgan fingerprint density at radius 2 is 2.15 bits per heavy atom. The molecule has 0 spiro atoms. The van der Waals surface area contributed by atoms with Crippen LogP contribution in [0.15, 0.2) is 28.9 Å². The molecule has 3 rings (SSSR count). The fourth-order valence-electron chi connectivity index (χ4n) is 2.54. The largest absolute Gasteiger partial charge is 0.495 e. The van der Waals surface area contributed by atoms with Crippen molar-refractivity contribution >= 4 is 33.7 Å². The highest BCUT2D eigenvalue weighted by atomic mass is 79.9. The van der Waals surface area contributed by atoms with Crippen molar-refractivity contribution in [2.45, 2.75) is 32.1 Å². The predicted octanol–water partition coefficient (Wildman–Crippen LogP) is 4.45. The molecular formula is C18H19BrN2O5. The van der Waals surface area contributed by atoms with Gasteiger partial charge in [-0.2, -0.15) is 0 Å². The number of benzene rings is 1. The lowest BCUT2D eigenvalue weighted by atomic mass is 10.0. The molecule has 1 amide bonds. The van der Waals surface area contributed by atoms with Gasteiger partial charge in [0.05, 0.1) is 41.6 Å². The van der Waals surface area contributed by atoms with Crippen LogP contribution in [0.5, 0.6) is 5.75 Å². The monoisotopic (exact) mass is 422 g/mol. The van der Waals surface area contributed by atoms with E-state index in [0.29, 0.717) is 34.9 Å². The Kier molecular flexibility index (Phi) is 5.61. The molecule has 0 atom stereocenters. The number of amides is 1. The molecule has 0 N–H and O–H groups in total. The zero-order chi connectivity index (χ0) is 18.7. The predicted molar refractivity (Wildman–Crippen MR) is 97.9 cm³/mol. The number of aromatic nitrogens is 1. The number of carbonyl (C=O) groups is 2. The van der Waals surface area contributed by atoms with Crippen molar-refractivity contribution in [1.29, 1.82) is 0 Å². The Balaban J connectivity index is 1.85. The molecular weight excluding hydrogens is 404 g/mol. The molecule has 7 nitrogen and oxygen atoms in total. The zero-order valence-electron chi connectivity index (χ0n) is 14.5. The van der Waals surface area contributed by atoms with Crippen LogP contribution >= 0.6 is 16.1 Å². The molecule has 8 heteroatoms. The number of carbonyl (C=O) groups excluding carboxylic acids is 2. The Morgan fingerprint density at radius 1 is 1.38 bits per heavy atom. The normalized spacial score (nSPS) is 13.3. The van der Waals surface area contributed by atoms with Crippen LogP contribution in [0.1, 0.15) is 53.8 Å². The van der Waals surface area contributed by atoms with E-state index in [4.69, 9.17) is 14.0 Å². The third-order valence-corrected chi connectivity index (χ3v) is 4.71. The van der Waals surface area contributed by atoms with E-state index >= 15 is 0 Å². The number of methoxy groups -OCH3 is 1. The van der Waals surface area contributed by atoms with E-state index in [-0.39, 0.29) is 11.7 Å². The summed E-state index contributed by atoms with van der Waals surface area (Å²) in [5.74, 6) is 1.10. The van der Waals surface area contributed by atoms with Gasteiger partial charge in [-0.05, 0) is 37.5 Å². The number of hydrogen-bond donors (Lipinski definition) is 0. The lowest BCUT2D eigenvalue weighted by Crippen LogP contribution is -2.22. The van der Waals surface area contributed by atoms with Crippen molar-refractivity contribution < 1.29 is 23.6 Å². The topological polar surface area (TPSA) is 81.9 Å². The molecule has 1 aliphatic rings. The molecule has 2 aromatic rings. The van der Waals surface area contributed by atoms with Gasteiger partial charge in [-0.3, -0.25) is 4.79 Å². The Labute approximate surface area is 159 Å². The van der Waals surface area contributed by atoms with Gasteiger partial charge in [0.25, 0.3) is 0 Å². The second-order valence-corrected chi connectivity index (χ2v) is 6.70. The molecule has 0 bridgehead atoms. The first kappa shape index (κ1) is 18.4. The van der Waals surface area contributed by atoms with Crippen LogP contribution in [0.4, 0.5) is 10.5 Å². The third kappa shape index (κ3) is 3.75. The molecule has 1 aromatic heterocycles. The van der Waals surface area contributed by atoms with Gasteiger partial charge < -0.3 is 14.0 Å². The maximum Gasteiger partial charge on any atom is 0.424 e. The van der Waals surface area contributed by atoms with Gasteiger partial charge in [-0.1, -0.05) is 12.1 Å². The zero-order valence-corrected chi connectivity index (χ0v) is 16.1. The Bertz CT molecular complexity index is 816. The number of anilines is 1. The van der Waals surface area contributed by atoms with Gasteiger partial charge in [-0.15, -0.1) is 0 Å². The number of nitrogens with zero attached hydrogens (tertiary/aromatic N) is 2. The summed E-state index contributed by atoms with van der Waals surface area (Å²) in [6.07, 6.45) is 3.64. The minimum absolute atomic E-state index is 0.187. The van der Waals surface area contributed by atoms with E-state index in [2.05, 4.69) is 21.3 Å². The maximum absolute atomic E-state index is 12.8. The second kappa shape index (κ2) is 7.90. The molecule has 0 unspecified atom stereocenters.